The molecule has 1 fully saturated rings. The minimum atomic E-state index is -0.969. The van der Waals surface area contributed by atoms with Crippen molar-refractivity contribution in [1.29, 1.82) is 0 Å². The number of benzene rings is 2. The second-order valence-corrected chi connectivity index (χ2v) is 15.1. The number of likely N-dealkylation sites (tertiary alicyclic amines) is 1. The predicted octanol–water partition coefficient (Wildman–Crippen LogP) is 6.98. The van der Waals surface area contributed by atoms with Crippen molar-refractivity contribution < 1.29 is 33.4 Å². The topological polar surface area (TPSA) is 135 Å². The number of hydrogen-bond donors (Lipinski definition) is 3. The number of anilines is 1. The first-order valence-electron chi connectivity index (χ1n) is 17.4. The van der Waals surface area contributed by atoms with Crippen LogP contribution in [0.4, 0.5) is 15.3 Å². The Morgan fingerprint density at radius 2 is 1.41 bits per heavy atom. The van der Waals surface area contributed by atoms with E-state index in [0.717, 1.165) is 36.8 Å². The van der Waals surface area contributed by atoms with Gasteiger partial charge in [0.1, 0.15) is 35.6 Å². The minimum Gasteiger partial charge on any atom is -0.489 e. The number of urea groups is 1. The van der Waals surface area contributed by atoms with Crippen molar-refractivity contribution in [3.63, 3.8) is 0 Å². The van der Waals surface area contributed by atoms with Crippen molar-refractivity contribution in [2.24, 2.45) is 5.92 Å². The largest absolute Gasteiger partial charge is 0.489 e. The van der Waals surface area contributed by atoms with Crippen LogP contribution < -0.4 is 20.7 Å². The van der Waals surface area contributed by atoms with Crippen LogP contribution in [0.1, 0.15) is 98.6 Å². The van der Waals surface area contributed by atoms with Crippen molar-refractivity contribution >= 4 is 29.7 Å². The number of rotatable bonds is 12. The number of carbonyl (C=O) groups is 4. The van der Waals surface area contributed by atoms with Crippen molar-refractivity contribution in [2.45, 2.75) is 124 Å². The molecule has 0 unspecified atom stereocenters. The average molecular weight is 681 g/mol. The molecule has 1 aliphatic rings. The van der Waals surface area contributed by atoms with Crippen molar-refractivity contribution in [3.8, 4) is 5.75 Å². The van der Waals surface area contributed by atoms with Gasteiger partial charge in [0.2, 0.25) is 5.91 Å². The van der Waals surface area contributed by atoms with Gasteiger partial charge in [-0.3, -0.25) is 10.1 Å². The van der Waals surface area contributed by atoms with E-state index in [0.29, 0.717) is 30.9 Å². The molecule has 0 aliphatic carbocycles. The summed E-state index contributed by atoms with van der Waals surface area (Å²) in [6.45, 7) is 16.3. The lowest BCUT2D eigenvalue weighted by Crippen LogP contribution is -2.55. The molecule has 1 heterocycles. The molecule has 270 valence electrons. The van der Waals surface area contributed by atoms with Crippen molar-refractivity contribution in [2.75, 3.05) is 18.4 Å². The first kappa shape index (κ1) is 39.2. The van der Waals surface area contributed by atoms with Crippen LogP contribution in [0.15, 0.2) is 48.5 Å². The fourth-order valence-electron chi connectivity index (χ4n) is 5.34. The summed E-state index contributed by atoms with van der Waals surface area (Å²) in [5.74, 6) is -0.226. The molecule has 2 aromatic carbocycles. The van der Waals surface area contributed by atoms with Gasteiger partial charge < -0.3 is 29.7 Å². The molecule has 0 aromatic heterocycles. The SMILES string of the molecule is CC(C)C[C@H](NC(=O)N1CCCCCC1)C(=O)N[C@@H](Cc1ccc(OCc2cccc(NC(=O)OC(C)(C)C)c2)cc1)C(=O)OC(C)(C)C. The summed E-state index contributed by atoms with van der Waals surface area (Å²) in [5.41, 5.74) is 0.883. The molecule has 0 bridgehead atoms. The molecule has 11 nitrogen and oxygen atoms in total. The van der Waals surface area contributed by atoms with Gasteiger partial charge in [-0.25, -0.2) is 14.4 Å². The van der Waals surface area contributed by atoms with Gasteiger partial charge >= 0.3 is 18.1 Å². The van der Waals surface area contributed by atoms with Crippen molar-refractivity contribution in [1.82, 2.24) is 15.5 Å². The highest BCUT2D eigenvalue weighted by Gasteiger charge is 2.31. The van der Waals surface area contributed by atoms with Gasteiger partial charge in [0.25, 0.3) is 0 Å². The standard InChI is InChI=1S/C38H56N4O7/c1-26(2)22-31(41-35(45)42-20-11-9-10-12-21-42)33(43)40-32(34(44)48-37(3,4)5)24-27-16-18-30(19-17-27)47-25-28-14-13-15-29(23-28)39-36(46)49-38(6,7)8/h13-19,23,26,31-32H,9-12,20-22,24-25H2,1-8H3,(H,39,46)(H,40,43)(H,41,45)/t31-,32-/m0/s1. The summed E-state index contributed by atoms with van der Waals surface area (Å²) in [6.07, 6.45) is 4.15. The maximum atomic E-state index is 13.7. The molecule has 0 radical (unpaired) electrons. The zero-order valence-electron chi connectivity index (χ0n) is 30.5. The summed E-state index contributed by atoms with van der Waals surface area (Å²) in [6, 6.07) is 12.6. The first-order valence-corrected chi connectivity index (χ1v) is 17.4. The fraction of sp³-hybridized carbons (Fsp3) is 0.579. The van der Waals surface area contributed by atoms with Crippen LogP contribution in [0.25, 0.3) is 0 Å². The van der Waals surface area contributed by atoms with Crippen LogP contribution in [0, 0.1) is 5.92 Å². The molecule has 3 rings (SSSR count). The molecule has 4 amide bonds. The number of ether oxygens (including phenoxy) is 3. The average Bonchev–Trinajstić information content (AvgIpc) is 3.28. The van der Waals surface area contributed by atoms with E-state index in [1.165, 1.54) is 0 Å². The van der Waals surface area contributed by atoms with Gasteiger partial charge in [-0.2, -0.15) is 0 Å². The van der Waals surface area contributed by atoms with Gasteiger partial charge in [0, 0.05) is 25.2 Å². The van der Waals surface area contributed by atoms with Crippen LogP contribution in [-0.2, 0) is 32.1 Å². The first-order chi connectivity index (χ1) is 23.0. The van der Waals surface area contributed by atoms with Gasteiger partial charge in [-0.05, 0) is 102 Å². The summed E-state index contributed by atoms with van der Waals surface area (Å²) in [5, 5.41) is 8.56. The van der Waals surface area contributed by atoms with E-state index in [1.807, 2.05) is 44.2 Å². The summed E-state index contributed by atoms with van der Waals surface area (Å²) in [4.78, 5) is 54.1. The summed E-state index contributed by atoms with van der Waals surface area (Å²) in [7, 11) is 0. The number of hydrogen-bond acceptors (Lipinski definition) is 7. The molecule has 49 heavy (non-hydrogen) atoms. The van der Waals surface area contributed by atoms with E-state index in [2.05, 4.69) is 16.0 Å². The third kappa shape index (κ3) is 14.8. The fourth-order valence-corrected chi connectivity index (χ4v) is 5.34. The molecule has 2 aromatic rings. The molecule has 0 saturated carbocycles. The Labute approximate surface area is 291 Å². The monoisotopic (exact) mass is 680 g/mol. The maximum absolute atomic E-state index is 13.7. The minimum absolute atomic E-state index is 0.136. The number of carbonyl (C=O) groups excluding carboxylic acids is 4. The summed E-state index contributed by atoms with van der Waals surface area (Å²) < 4.78 is 17.0. The molecule has 1 aliphatic heterocycles. The normalized spacial score (nSPS) is 15.0. The number of esters is 1. The highest BCUT2D eigenvalue weighted by Crippen LogP contribution is 2.20. The third-order valence-electron chi connectivity index (χ3n) is 7.56. The molecule has 2 atom stereocenters. The molecular weight excluding hydrogens is 624 g/mol. The van der Waals surface area contributed by atoms with Gasteiger partial charge in [-0.1, -0.05) is 51.0 Å². The van der Waals surface area contributed by atoms with Crippen LogP contribution in [0.3, 0.4) is 0 Å². The Kier molecular flexibility index (Phi) is 14.3. The van der Waals surface area contributed by atoms with E-state index in [1.54, 1.807) is 64.6 Å². The van der Waals surface area contributed by atoms with Crippen LogP contribution >= 0.6 is 0 Å². The molecule has 1 saturated heterocycles. The van der Waals surface area contributed by atoms with E-state index in [9.17, 15) is 19.2 Å². The lowest BCUT2D eigenvalue weighted by atomic mass is 10.0. The van der Waals surface area contributed by atoms with E-state index >= 15 is 0 Å². The lowest BCUT2D eigenvalue weighted by Gasteiger charge is -2.28. The lowest BCUT2D eigenvalue weighted by molar-refractivity contribution is -0.158. The number of amides is 4. The van der Waals surface area contributed by atoms with Crippen LogP contribution in [0.5, 0.6) is 5.75 Å². The molecule has 0 spiro atoms. The van der Waals surface area contributed by atoms with E-state index in [-0.39, 0.29) is 25.0 Å². The second kappa shape index (κ2) is 17.9. The summed E-state index contributed by atoms with van der Waals surface area (Å²) >= 11 is 0. The zero-order chi connectivity index (χ0) is 36.2. The zero-order valence-corrected chi connectivity index (χ0v) is 30.5. The van der Waals surface area contributed by atoms with Crippen LogP contribution in [-0.4, -0.2) is 65.3 Å². The maximum Gasteiger partial charge on any atom is 0.412 e. The molecule has 3 N–H and O–H groups in total. The van der Waals surface area contributed by atoms with Gasteiger partial charge in [0.15, 0.2) is 0 Å². The quantitative estimate of drug-likeness (QED) is 0.206. The van der Waals surface area contributed by atoms with E-state index < -0.39 is 41.3 Å². The number of nitrogens with one attached hydrogen (secondary N) is 3. The second-order valence-electron chi connectivity index (χ2n) is 15.1. The third-order valence-corrected chi connectivity index (χ3v) is 7.56. The smallest absolute Gasteiger partial charge is 0.412 e. The Morgan fingerprint density at radius 1 is 0.776 bits per heavy atom. The molecular formula is C38H56N4O7. The van der Waals surface area contributed by atoms with Gasteiger partial charge in [-0.15, -0.1) is 0 Å². The Balaban J connectivity index is 1.67. The van der Waals surface area contributed by atoms with Crippen LogP contribution in [0.2, 0.25) is 0 Å². The van der Waals surface area contributed by atoms with E-state index in [4.69, 9.17) is 14.2 Å². The van der Waals surface area contributed by atoms with Crippen molar-refractivity contribution in [3.05, 3.63) is 59.7 Å². The molecule has 11 heteroatoms. The Morgan fingerprint density at radius 3 is 2.00 bits per heavy atom. The Hall–Kier alpha value is -4.28. The Bertz CT molecular complexity index is 1390. The number of nitrogens with zero attached hydrogens (tertiary/aromatic N) is 1. The predicted molar refractivity (Wildman–Crippen MR) is 190 cm³/mol. The van der Waals surface area contributed by atoms with Gasteiger partial charge in [0.05, 0.1) is 0 Å². The highest BCUT2D eigenvalue weighted by molar-refractivity contribution is 5.90. The highest BCUT2D eigenvalue weighted by atomic mass is 16.6.